The zero-order valence-corrected chi connectivity index (χ0v) is 9.70. The van der Waals surface area contributed by atoms with E-state index >= 15 is 0 Å². The number of rotatable bonds is 3. The fourth-order valence-electron chi connectivity index (χ4n) is 1.79. The van der Waals surface area contributed by atoms with E-state index in [1.807, 2.05) is 12.3 Å². The molecule has 3 heterocycles. The van der Waals surface area contributed by atoms with Crippen molar-refractivity contribution in [3.63, 3.8) is 0 Å². The summed E-state index contributed by atoms with van der Waals surface area (Å²) in [7, 11) is 0. The molecule has 0 bridgehead atoms. The summed E-state index contributed by atoms with van der Waals surface area (Å²) < 4.78 is 0. The summed E-state index contributed by atoms with van der Waals surface area (Å²) in [5.41, 5.74) is 2.16. The van der Waals surface area contributed by atoms with Crippen LogP contribution in [0, 0.1) is 5.92 Å². The lowest BCUT2D eigenvalue weighted by Gasteiger charge is -2.25. The second-order valence-corrected chi connectivity index (χ2v) is 5.04. The Kier molecular flexibility index (Phi) is 2.68. The van der Waals surface area contributed by atoms with Crippen molar-refractivity contribution in [2.45, 2.75) is 6.42 Å². The molecule has 2 aromatic heterocycles. The SMILES string of the molecule is c1cncc(-c2csc(CC3CNC3)n2)c1. The molecule has 0 unspecified atom stereocenters. The normalized spacial score (nSPS) is 16.0. The zero-order chi connectivity index (χ0) is 10.8. The minimum Gasteiger partial charge on any atom is -0.316 e. The molecule has 1 aliphatic heterocycles. The molecule has 0 aromatic carbocycles. The predicted molar refractivity (Wildman–Crippen MR) is 65.4 cm³/mol. The van der Waals surface area contributed by atoms with Crippen LogP contribution in [-0.4, -0.2) is 23.1 Å². The van der Waals surface area contributed by atoms with E-state index in [1.165, 1.54) is 5.01 Å². The van der Waals surface area contributed by atoms with E-state index in [-0.39, 0.29) is 0 Å². The Morgan fingerprint density at radius 3 is 3.06 bits per heavy atom. The Morgan fingerprint density at radius 2 is 2.38 bits per heavy atom. The highest BCUT2D eigenvalue weighted by Gasteiger charge is 2.18. The standard InChI is InChI=1S/C12H13N3S/c1-2-10(7-13-3-1)11-8-16-12(15-11)4-9-5-14-6-9/h1-3,7-9,14H,4-6H2. The molecule has 0 amide bonds. The molecule has 1 aliphatic rings. The van der Waals surface area contributed by atoms with Crippen LogP contribution in [0.2, 0.25) is 0 Å². The van der Waals surface area contributed by atoms with Gasteiger partial charge in [-0.25, -0.2) is 4.98 Å². The lowest BCUT2D eigenvalue weighted by Crippen LogP contribution is -2.43. The van der Waals surface area contributed by atoms with Crippen molar-refractivity contribution >= 4 is 11.3 Å². The van der Waals surface area contributed by atoms with Crippen LogP contribution in [-0.2, 0) is 6.42 Å². The van der Waals surface area contributed by atoms with E-state index in [0.29, 0.717) is 0 Å². The van der Waals surface area contributed by atoms with Gasteiger partial charge in [0.2, 0.25) is 0 Å². The van der Waals surface area contributed by atoms with Crippen LogP contribution in [0.3, 0.4) is 0 Å². The summed E-state index contributed by atoms with van der Waals surface area (Å²) in [4.78, 5) is 8.77. The molecule has 3 rings (SSSR count). The van der Waals surface area contributed by atoms with Crippen LogP contribution < -0.4 is 5.32 Å². The van der Waals surface area contributed by atoms with Gasteiger partial charge in [0.1, 0.15) is 0 Å². The van der Waals surface area contributed by atoms with E-state index in [4.69, 9.17) is 0 Å². The monoisotopic (exact) mass is 231 g/mol. The van der Waals surface area contributed by atoms with E-state index in [1.54, 1.807) is 17.5 Å². The molecule has 0 aliphatic carbocycles. The third kappa shape index (κ3) is 1.99. The Labute approximate surface area is 98.6 Å². The van der Waals surface area contributed by atoms with Gasteiger partial charge in [-0.1, -0.05) is 0 Å². The number of nitrogens with zero attached hydrogens (tertiary/aromatic N) is 2. The van der Waals surface area contributed by atoms with Gasteiger partial charge >= 0.3 is 0 Å². The predicted octanol–water partition coefficient (Wildman–Crippen LogP) is 1.97. The lowest BCUT2D eigenvalue weighted by atomic mass is 10.0. The average molecular weight is 231 g/mol. The summed E-state index contributed by atoms with van der Waals surface area (Å²) in [5, 5.41) is 6.65. The molecule has 1 fully saturated rings. The average Bonchev–Trinajstić information content (AvgIpc) is 2.73. The van der Waals surface area contributed by atoms with Crippen molar-refractivity contribution in [1.29, 1.82) is 0 Å². The second kappa shape index (κ2) is 4.31. The molecule has 4 heteroatoms. The van der Waals surface area contributed by atoms with Crippen molar-refractivity contribution < 1.29 is 0 Å². The Bertz CT molecular complexity index is 462. The minimum atomic E-state index is 0.785. The highest BCUT2D eigenvalue weighted by Crippen LogP contribution is 2.23. The molecule has 82 valence electrons. The molecule has 0 radical (unpaired) electrons. The number of pyridine rings is 1. The second-order valence-electron chi connectivity index (χ2n) is 4.10. The van der Waals surface area contributed by atoms with Gasteiger partial charge in [-0.2, -0.15) is 0 Å². The molecular formula is C12H13N3S. The van der Waals surface area contributed by atoms with Crippen LogP contribution in [0.4, 0.5) is 0 Å². The van der Waals surface area contributed by atoms with Gasteiger partial charge < -0.3 is 5.32 Å². The molecule has 0 saturated carbocycles. The molecule has 1 saturated heterocycles. The maximum atomic E-state index is 4.65. The van der Waals surface area contributed by atoms with Gasteiger partial charge in [0.05, 0.1) is 10.7 Å². The molecule has 0 spiro atoms. The number of aromatic nitrogens is 2. The highest BCUT2D eigenvalue weighted by atomic mass is 32.1. The molecule has 0 atom stereocenters. The Morgan fingerprint density at radius 1 is 1.44 bits per heavy atom. The van der Waals surface area contributed by atoms with Crippen molar-refractivity contribution in [2.24, 2.45) is 5.92 Å². The number of hydrogen-bond acceptors (Lipinski definition) is 4. The van der Waals surface area contributed by atoms with E-state index in [0.717, 1.165) is 36.7 Å². The third-order valence-electron chi connectivity index (χ3n) is 2.84. The molecular weight excluding hydrogens is 218 g/mol. The lowest BCUT2D eigenvalue weighted by molar-refractivity contribution is 0.346. The first-order valence-electron chi connectivity index (χ1n) is 5.47. The Balaban J connectivity index is 1.77. The maximum absolute atomic E-state index is 4.65. The van der Waals surface area contributed by atoms with Gasteiger partial charge in [-0.3, -0.25) is 4.98 Å². The maximum Gasteiger partial charge on any atom is 0.0936 e. The van der Waals surface area contributed by atoms with E-state index < -0.39 is 0 Å². The van der Waals surface area contributed by atoms with E-state index in [2.05, 4.69) is 26.7 Å². The van der Waals surface area contributed by atoms with Crippen LogP contribution in [0.15, 0.2) is 29.9 Å². The number of thiazole rings is 1. The van der Waals surface area contributed by atoms with E-state index in [9.17, 15) is 0 Å². The molecule has 2 aromatic rings. The summed E-state index contributed by atoms with van der Waals surface area (Å²) in [6.45, 7) is 2.28. The van der Waals surface area contributed by atoms with Gasteiger partial charge in [0.25, 0.3) is 0 Å². The Hall–Kier alpha value is -1.26. The minimum absolute atomic E-state index is 0.785. The zero-order valence-electron chi connectivity index (χ0n) is 8.89. The summed E-state index contributed by atoms with van der Waals surface area (Å²) in [5.74, 6) is 0.785. The van der Waals surface area contributed by atoms with Crippen molar-refractivity contribution in [3.05, 3.63) is 34.9 Å². The van der Waals surface area contributed by atoms with Crippen molar-refractivity contribution in [2.75, 3.05) is 13.1 Å². The molecule has 16 heavy (non-hydrogen) atoms. The summed E-state index contributed by atoms with van der Waals surface area (Å²) >= 11 is 1.76. The van der Waals surface area contributed by atoms with Gasteiger partial charge in [0.15, 0.2) is 0 Å². The van der Waals surface area contributed by atoms with Crippen LogP contribution >= 0.6 is 11.3 Å². The first-order chi connectivity index (χ1) is 7.92. The highest BCUT2D eigenvalue weighted by molar-refractivity contribution is 7.09. The molecule has 1 N–H and O–H groups in total. The fraction of sp³-hybridized carbons (Fsp3) is 0.333. The largest absolute Gasteiger partial charge is 0.316 e. The summed E-state index contributed by atoms with van der Waals surface area (Å²) in [6, 6.07) is 4.00. The van der Waals surface area contributed by atoms with Crippen molar-refractivity contribution in [1.82, 2.24) is 15.3 Å². The number of hydrogen-bond donors (Lipinski definition) is 1. The first-order valence-corrected chi connectivity index (χ1v) is 6.35. The van der Waals surface area contributed by atoms with Crippen LogP contribution in [0.25, 0.3) is 11.3 Å². The van der Waals surface area contributed by atoms with Crippen LogP contribution in [0.1, 0.15) is 5.01 Å². The topological polar surface area (TPSA) is 37.8 Å². The summed E-state index contributed by atoms with van der Waals surface area (Å²) in [6.07, 6.45) is 4.76. The molecule has 3 nitrogen and oxygen atoms in total. The van der Waals surface area contributed by atoms with Crippen LogP contribution in [0.5, 0.6) is 0 Å². The number of nitrogens with one attached hydrogen (secondary N) is 1. The quantitative estimate of drug-likeness (QED) is 0.877. The fourth-order valence-corrected chi connectivity index (χ4v) is 2.71. The first kappa shape index (κ1) is 9.93. The van der Waals surface area contributed by atoms with Gasteiger partial charge in [-0.15, -0.1) is 11.3 Å². The smallest absolute Gasteiger partial charge is 0.0936 e. The third-order valence-corrected chi connectivity index (χ3v) is 3.71. The van der Waals surface area contributed by atoms with Gasteiger partial charge in [0, 0.05) is 29.8 Å². The van der Waals surface area contributed by atoms with Gasteiger partial charge in [-0.05, 0) is 31.1 Å². The van der Waals surface area contributed by atoms with Crippen molar-refractivity contribution in [3.8, 4) is 11.3 Å².